The second-order valence-electron chi connectivity index (χ2n) is 5.73. The Hall–Kier alpha value is -0.610. The lowest BCUT2D eigenvalue weighted by atomic mass is 9.91. The minimum absolute atomic E-state index is 0.0946. The molecular formula is C15H30N2O2. The molecule has 0 aromatic heterocycles. The van der Waals surface area contributed by atoms with Crippen LogP contribution < -0.4 is 0 Å². The normalized spacial score (nSPS) is 28.6. The van der Waals surface area contributed by atoms with E-state index in [0.29, 0.717) is 12.0 Å². The van der Waals surface area contributed by atoms with Gasteiger partial charge in [-0.25, -0.2) is 0 Å². The summed E-state index contributed by atoms with van der Waals surface area (Å²) in [6.07, 6.45) is 1.05. The zero-order chi connectivity index (χ0) is 14.4. The van der Waals surface area contributed by atoms with E-state index in [2.05, 4.69) is 37.5 Å². The first-order chi connectivity index (χ1) is 8.97. The Morgan fingerprint density at radius 2 is 1.95 bits per heavy atom. The highest BCUT2D eigenvalue weighted by molar-refractivity contribution is 5.66. The van der Waals surface area contributed by atoms with Crippen LogP contribution in [0.3, 0.4) is 0 Å². The van der Waals surface area contributed by atoms with Gasteiger partial charge in [0.05, 0.1) is 0 Å². The molecule has 19 heavy (non-hydrogen) atoms. The van der Waals surface area contributed by atoms with Gasteiger partial charge in [-0.2, -0.15) is 0 Å². The molecule has 1 aliphatic rings. The van der Waals surface area contributed by atoms with Crippen molar-refractivity contribution < 1.29 is 9.53 Å². The van der Waals surface area contributed by atoms with Gasteiger partial charge in [0, 0.05) is 38.5 Å². The molecule has 3 atom stereocenters. The molecule has 0 aromatic carbocycles. The number of carbonyl (C=O) groups is 1. The van der Waals surface area contributed by atoms with Gasteiger partial charge in [-0.15, -0.1) is 0 Å². The maximum absolute atomic E-state index is 11.1. The fourth-order valence-electron chi connectivity index (χ4n) is 2.88. The Kier molecular flexibility index (Phi) is 6.80. The SMILES string of the molecule is CCN(CC)CCN1CC(C)C(OC(C)=O)CC1C. The van der Waals surface area contributed by atoms with Crippen LogP contribution in [0.1, 0.15) is 41.0 Å². The van der Waals surface area contributed by atoms with E-state index in [1.807, 2.05) is 0 Å². The molecule has 0 N–H and O–H groups in total. The largest absolute Gasteiger partial charge is 0.462 e. The summed E-state index contributed by atoms with van der Waals surface area (Å²) in [6.45, 7) is 15.8. The molecule has 0 bridgehead atoms. The molecule has 0 radical (unpaired) electrons. The van der Waals surface area contributed by atoms with Crippen LogP contribution in [0.2, 0.25) is 0 Å². The highest BCUT2D eigenvalue weighted by Crippen LogP contribution is 2.24. The van der Waals surface area contributed by atoms with Crippen molar-refractivity contribution in [2.75, 3.05) is 32.7 Å². The standard InChI is InChI=1S/C15H30N2O2/c1-6-16(7-2)8-9-17-11-12(3)15(10-13(17)4)19-14(5)18/h12-13,15H,6-11H2,1-5H3. The lowest BCUT2D eigenvalue weighted by molar-refractivity contribution is -0.153. The summed E-state index contributed by atoms with van der Waals surface area (Å²) in [7, 11) is 0. The summed E-state index contributed by atoms with van der Waals surface area (Å²) in [4.78, 5) is 16.1. The van der Waals surface area contributed by atoms with Gasteiger partial charge in [-0.1, -0.05) is 20.8 Å². The van der Waals surface area contributed by atoms with Gasteiger partial charge < -0.3 is 9.64 Å². The zero-order valence-electron chi connectivity index (χ0n) is 13.2. The van der Waals surface area contributed by atoms with E-state index in [9.17, 15) is 4.79 Å². The van der Waals surface area contributed by atoms with E-state index in [1.165, 1.54) is 6.92 Å². The Morgan fingerprint density at radius 3 is 2.47 bits per heavy atom. The van der Waals surface area contributed by atoms with Gasteiger partial charge in [0.25, 0.3) is 0 Å². The second-order valence-corrected chi connectivity index (χ2v) is 5.73. The molecule has 4 nitrogen and oxygen atoms in total. The van der Waals surface area contributed by atoms with Crippen molar-refractivity contribution in [3.63, 3.8) is 0 Å². The van der Waals surface area contributed by atoms with Crippen molar-refractivity contribution in [3.8, 4) is 0 Å². The van der Waals surface area contributed by atoms with Crippen molar-refractivity contribution in [1.82, 2.24) is 9.80 Å². The number of hydrogen-bond acceptors (Lipinski definition) is 4. The maximum atomic E-state index is 11.1. The monoisotopic (exact) mass is 270 g/mol. The first-order valence-electron chi connectivity index (χ1n) is 7.61. The predicted molar refractivity (Wildman–Crippen MR) is 78.2 cm³/mol. The number of likely N-dealkylation sites (tertiary alicyclic amines) is 1. The van der Waals surface area contributed by atoms with Gasteiger partial charge in [-0.05, 0) is 26.4 Å². The molecule has 1 aliphatic heterocycles. The van der Waals surface area contributed by atoms with Crippen LogP contribution in [0.5, 0.6) is 0 Å². The molecule has 1 fully saturated rings. The molecule has 0 amide bonds. The third kappa shape index (κ3) is 5.11. The Morgan fingerprint density at radius 1 is 1.32 bits per heavy atom. The van der Waals surface area contributed by atoms with Crippen LogP contribution >= 0.6 is 0 Å². The second kappa shape index (κ2) is 7.85. The predicted octanol–water partition coefficient (Wildman–Crippen LogP) is 1.99. The maximum Gasteiger partial charge on any atom is 0.302 e. The van der Waals surface area contributed by atoms with Gasteiger partial charge in [0.1, 0.15) is 6.10 Å². The minimum atomic E-state index is -0.152. The van der Waals surface area contributed by atoms with Gasteiger partial charge in [0.15, 0.2) is 0 Å². The number of carbonyl (C=O) groups excluding carboxylic acids is 1. The average Bonchev–Trinajstić information content (AvgIpc) is 2.35. The summed E-state index contributed by atoms with van der Waals surface area (Å²) >= 11 is 0. The van der Waals surface area contributed by atoms with Crippen molar-refractivity contribution in [3.05, 3.63) is 0 Å². The van der Waals surface area contributed by atoms with Crippen LogP contribution in [0.4, 0.5) is 0 Å². The molecule has 0 saturated carbocycles. The number of ether oxygens (including phenoxy) is 1. The fourth-order valence-corrected chi connectivity index (χ4v) is 2.88. The lowest BCUT2D eigenvalue weighted by Gasteiger charge is -2.41. The smallest absolute Gasteiger partial charge is 0.302 e. The molecule has 1 heterocycles. The Bertz CT molecular complexity index is 279. The van der Waals surface area contributed by atoms with Gasteiger partial charge in [0.2, 0.25) is 0 Å². The quantitative estimate of drug-likeness (QED) is 0.691. The van der Waals surface area contributed by atoms with E-state index < -0.39 is 0 Å². The molecule has 0 spiro atoms. The van der Waals surface area contributed by atoms with Crippen LogP contribution in [-0.2, 0) is 9.53 Å². The molecule has 1 saturated heterocycles. The molecule has 1 rings (SSSR count). The van der Waals surface area contributed by atoms with Crippen LogP contribution in [0.15, 0.2) is 0 Å². The van der Waals surface area contributed by atoms with Crippen molar-refractivity contribution >= 4 is 5.97 Å². The zero-order valence-corrected chi connectivity index (χ0v) is 13.2. The van der Waals surface area contributed by atoms with E-state index in [4.69, 9.17) is 4.74 Å². The van der Waals surface area contributed by atoms with Gasteiger partial charge >= 0.3 is 5.97 Å². The number of nitrogens with zero attached hydrogens (tertiary/aromatic N) is 2. The van der Waals surface area contributed by atoms with Crippen LogP contribution in [-0.4, -0.2) is 60.6 Å². The number of rotatable bonds is 6. The molecular weight excluding hydrogens is 240 g/mol. The van der Waals surface area contributed by atoms with Gasteiger partial charge in [-0.3, -0.25) is 9.69 Å². The molecule has 0 aromatic rings. The highest BCUT2D eigenvalue weighted by atomic mass is 16.5. The van der Waals surface area contributed by atoms with Crippen molar-refractivity contribution in [1.29, 1.82) is 0 Å². The lowest BCUT2D eigenvalue weighted by Crippen LogP contribution is -2.50. The summed E-state index contributed by atoms with van der Waals surface area (Å²) in [6, 6.07) is 0.496. The highest BCUT2D eigenvalue weighted by Gasteiger charge is 2.32. The summed E-state index contributed by atoms with van der Waals surface area (Å²) < 4.78 is 5.41. The Balaban J connectivity index is 2.44. The number of hydrogen-bond donors (Lipinski definition) is 0. The first-order valence-corrected chi connectivity index (χ1v) is 7.61. The minimum Gasteiger partial charge on any atom is -0.462 e. The number of esters is 1. The number of piperidine rings is 1. The van der Waals surface area contributed by atoms with E-state index >= 15 is 0 Å². The molecule has 0 aliphatic carbocycles. The number of likely N-dealkylation sites (N-methyl/N-ethyl adjacent to an activating group) is 1. The summed E-state index contributed by atoms with van der Waals surface area (Å²) in [5.74, 6) is 0.275. The van der Waals surface area contributed by atoms with Crippen molar-refractivity contribution in [2.24, 2.45) is 5.92 Å². The van der Waals surface area contributed by atoms with Crippen LogP contribution in [0, 0.1) is 5.92 Å². The molecule has 112 valence electrons. The average molecular weight is 270 g/mol. The van der Waals surface area contributed by atoms with Crippen LogP contribution in [0.25, 0.3) is 0 Å². The Labute approximate surface area is 118 Å². The molecule has 4 heteroatoms. The topological polar surface area (TPSA) is 32.8 Å². The molecule has 3 unspecified atom stereocenters. The third-order valence-electron chi connectivity index (χ3n) is 4.27. The third-order valence-corrected chi connectivity index (χ3v) is 4.27. The fraction of sp³-hybridized carbons (Fsp3) is 0.933. The first kappa shape index (κ1) is 16.4. The van der Waals surface area contributed by atoms with E-state index in [0.717, 1.165) is 39.1 Å². The van der Waals surface area contributed by atoms with Crippen molar-refractivity contribution in [2.45, 2.75) is 53.2 Å². The summed E-state index contributed by atoms with van der Waals surface area (Å²) in [5, 5.41) is 0. The van der Waals surface area contributed by atoms with E-state index in [-0.39, 0.29) is 12.1 Å². The van der Waals surface area contributed by atoms with E-state index in [1.54, 1.807) is 0 Å². The summed E-state index contributed by atoms with van der Waals surface area (Å²) in [5.41, 5.74) is 0.